The number of benzene rings is 2. The van der Waals surface area contributed by atoms with Gasteiger partial charge in [0.2, 0.25) is 0 Å². The van der Waals surface area contributed by atoms with Gasteiger partial charge >= 0.3 is 0 Å². The number of nitrogens with one attached hydrogen (secondary N) is 1. The number of nitrogens with two attached hydrogens (primary N) is 2. The Morgan fingerprint density at radius 3 is 2.42 bits per heavy atom. The van der Waals surface area contributed by atoms with Gasteiger partial charge in [-0.3, -0.25) is 4.79 Å². The number of hydrogen-bond acceptors (Lipinski definition) is 3. The van der Waals surface area contributed by atoms with E-state index in [2.05, 4.69) is 5.32 Å². The second-order valence-electron chi connectivity index (χ2n) is 4.09. The van der Waals surface area contributed by atoms with Gasteiger partial charge in [-0.2, -0.15) is 0 Å². The summed E-state index contributed by atoms with van der Waals surface area (Å²) in [6.45, 7) is 0.233. The van der Waals surface area contributed by atoms with Gasteiger partial charge in [0, 0.05) is 17.9 Å². The fourth-order valence-corrected chi connectivity index (χ4v) is 1.63. The van der Waals surface area contributed by atoms with Crippen molar-refractivity contribution in [1.82, 2.24) is 0 Å². The van der Waals surface area contributed by atoms with Crippen molar-refractivity contribution in [3.63, 3.8) is 0 Å². The number of nitrogen functional groups attached to an aromatic ring is 1. The fraction of sp³-hybridized carbons (Fsp3) is 0.0714. The molecule has 98 valence electrons. The predicted molar refractivity (Wildman–Crippen MR) is 73.1 cm³/mol. The molecule has 2 rings (SSSR count). The zero-order chi connectivity index (χ0) is 13.8. The summed E-state index contributed by atoms with van der Waals surface area (Å²) in [6.07, 6.45) is 0. The van der Waals surface area contributed by atoms with E-state index in [0.717, 1.165) is 0 Å². The van der Waals surface area contributed by atoms with E-state index in [-0.39, 0.29) is 12.1 Å². The first-order chi connectivity index (χ1) is 9.10. The third-order valence-corrected chi connectivity index (χ3v) is 2.68. The molecule has 0 radical (unpaired) electrons. The number of rotatable bonds is 3. The van der Waals surface area contributed by atoms with Crippen LogP contribution in [0.25, 0.3) is 0 Å². The van der Waals surface area contributed by atoms with Gasteiger partial charge in [-0.1, -0.05) is 6.07 Å². The largest absolute Gasteiger partial charge is 0.399 e. The normalized spacial score (nSPS) is 10.2. The molecule has 0 bridgehead atoms. The van der Waals surface area contributed by atoms with Gasteiger partial charge in [0.25, 0.3) is 5.91 Å². The summed E-state index contributed by atoms with van der Waals surface area (Å²) in [5.41, 5.74) is 12.7. The van der Waals surface area contributed by atoms with E-state index in [4.69, 9.17) is 11.5 Å². The highest BCUT2D eigenvalue weighted by molar-refractivity contribution is 6.04. The fourth-order valence-electron chi connectivity index (χ4n) is 1.63. The number of amides is 1. The van der Waals surface area contributed by atoms with Gasteiger partial charge in [-0.15, -0.1) is 0 Å². The SMILES string of the molecule is NCc1ccc(C(=O)Nc2ccc(N)cc2)c(F)c1. The first-order valence-corrected chi connectivity index (χ1v) is 5.75. The molecule has 0 aliphatic carbocycles. The lowest BCUT2D eigenvalue weighted by molar-refractivity contribution is 0.102. The van der Waals surface area contributed by atoms with Gasteiger partial charge < -0.3 is 16.8 Å². The third-order valence-electron chi connectivity index (χ3n) is 2.68. The van der Waals surface area contributed by atoms with E-state index in [1.807, 2.05) is 0 Å². The van der Waals surface area contributed by atoms with Crippen molar-refractivity contribution in [2.45, 2.75) is 6.54 Å². The van der Waals surface area contributed by atoms with Crippen molar-refractivity contribution in [1.29, 1.82) is 0 Å². The summed E-state index contributed by atoms with van der Waals surface area (Å²) < 4.78 is 13.7. The minimum Gasteiger partial charge on any atom is -0.399 e. The molecule has 0 aromatic heterocycles. The summed E-state index contributed by atoms with van der Waals surface area (Å²) in [5.74, 6) is -1.10. The lowest BCUT2D eigenvalue weighted by Crippen LogP contribution is -2.14. The van der Waals surface area contributed by atoms with E-state index < -0.39 is 11.7 Å². The van der Waals surface area contributed by atoms with Gasteiger partial charge in [0.05, 0.1) is 5.56 Å². The predicted octanol–water partition coefficient (Wildman–Crippen LogP) is 2.12. The van der Waals surface area contributed by atoms with Crippen molar-refractivity contribution in [3.8, 4) is 0 Å². The molecule has 0 saturated heterocycles. The lowest BCUT2D eigenvalue weighted by atomic mass is 10.1. The molecular formula is C14H14FN3O. The average molecular weight is 259 g/mol. The zero-order valence-electron chi connectivity index (χ0n) is 10.2. The molecule has 0 spiro atoms. The van der Waals surface area contributed by atoms with Crippen LogP contribution >= 0.6 is 0 Å². The molecule has 0 fully saturated rings. The molecule has 19 heavy (non-hydrogen) atoms. The van der Waals surface area contributed by atoms with Crippen LogP contribution in [0.15, 0.2) is 42.5 Å². The Bertz CT molecular complexity index is 596. The smallest absolute Gasteiger partial charge is 0.258 e. The average Bonchev–Trinajstić information content (AvgIpc) is 2.41. The molecule has 2 aromatic rings. The van der Waals surface area contributed by atoms with Gasteiger partial charge in [0.1, 0.15) is 5.82 Å². The molecule has 0 aliphatic rings. The maximum absolute atomic E-state index is 13.7. The Morgan fingerprint density at radius 2 is 1.84 bits per heavy atom. The second-order valence-corrected chi connectivity index (χ2v) is 4.09. The Kier molecular flexibility index (Phi) is 3.77. The summed E-state index contributed by atoms with van der Waals surface area (Å²) in [5, 5.41) is 2.60. The first kappa shape index (κ1) is 13.0. The molecule has 0 heterocycles. The Morgan fingerprint density at radius 1 is 1.16 bits per heavy atom. The van der Waals surface area contributed by atoms with Crippen LogP contribution in [0, 0.1) is 5.82 Å². The molecule has 5 N–H and O–H groups in total. The molecule has 0 atom stereocenters. The molecule has 0 aliphatic heterocycles. The molecule has 0 saturated carbocycles. The minimum atomic E-state index is -0.587. The standard InChI is InChI=1S/C14H14FN3O/c15-13-7-9(8-16)1-6-12(13)14(19)18-11-4-2-10(17)3-5-11/h1-7H,8,16-17H2,(H,18,19). The topological polar surface area (TPSA) is 81.1 Å². The highest BCUT2D eigenvalue weighted by Gasteiger charge is 2.12. The molecular weight excluding hydrogens is 245 g/mol. The first-order valence-electron chi connectivity index (χ1n) is 5.75. The zero-order valence-corrected chi connectivity index (χ0v) is 10.2. The minimum absolute atomic E-state index is 0.0194. The van der Waals surface area contributed by atoms with Crippen LogP contribution < -0.4 is 16.8 Å². The van der Waals surface area contributed by atoms with Crippen LogP contribution in [0.1, 0.15) is 15.9 Å². The van der Waals surface area contributed by atoms with E-state index >= 15 is 0 Å². The molecule has 0 unspecified atom stereocenters. The summed E-state index contributed by atoms with van der Waals surface area (Å²) in [7, 11) is 0. The van der Waals surface area contributed by atoms with Crippen LogP contribution in [0.5, 0.6) is 0 Å². The van der Waals surface area contributed by atoms with Crippen molar-refractivity contribution in [2.75, 3.05) is 11.1 Å². The van der Waals surface area contributed by atoms with Gasteiger partial charge in [0.15, 0.2) is 0 Å². The van der Waals surface area contributed by atoms with Gasteiger partial charge in [-0.25, -0.2) is 4.39 Å². The molecule has 5 heteroatoms. The summed E-state index contributed by atoms with van der Waals surface area (Å²) >= 11 is 0. The number of anilines is 2. The van der Waals surface area contributed by atoms with E-state index in [1.54, 1.807) is 30.3 Å². The number of hydrogen-bond donors (Lipinski definition) is 3. The number of carbonyl (C=O) groups excluding carboxylic acids is 1. The highest BCUT2D eigenvalue weighted by Crippen LogP contribution is 2.15. The molecule has 2 aromatic carbocycles. The van der Waals surface area contributed by atoms with Crippen LogP contribution in [0.3, 0.4) is 0 Å². The van der Waals surface area contributed by atoms with Crippen LogP contribution in [0.2, 0.25) is 0 Å². The van der Waals surface area contributed by atoms with E-state index in [1.165, 1.54) is 12.1 Å². The highest BCUT2D eigenvalue weighted by atomic mass is 19.1. The van der Waals surface area contributed by atoms with E-state index in [0.29, 0.717) is 16.9 Å². The Labute approximate surface area is 110 Å². The van der Waals surface area contributed by atoms with Crippen molar-refractivity contribution >= 4 is 17.3 Å². The quantitative estimate of drug-likeness (QED) is 0.738. The molecule has 4 nitrogen and oxygen atoms in total. The van der Waals surface area contributed by atoms with Crippen molar-refractivity contribution in [2.24, 2.45) is 5.73 Å². The van der Waals surface area contributed by atoms with Crippen LogP contribution in [-0.2, 0) is 6.54 Å². The molecule has 1 amide bonds. The second kappa shape index (κ2) is 5.49. The van der Waals surface area contributed by atoms with Crippen LogP contribution in [-0.4, -0.2) is 5.91 Å². The third kappa shape index (κ3) is 3.08. The van der Waals surface area contributed by atoms with Crippen LogP contribution in [0.4, 0.5) is 15.8 Å². The summed E-state index contributed by atoms with van der Waals surface area (Å²) in [6, 6.07) is 10.9. The Hall–Kier alpha value is -2.40. The monoisotopic (exact) mass is 259 g/mol. The van der Waals surface area contributed by atoms with Crippen molar-refractivity contribution < 1.29 is 9.18 Å². The maximum atomic E-state index is 13.7. The lowest BCUT2D eigenvalue weighted by Gasteiger charge is -2.07. The van der Waals surface area contributed by atoms with E-state index in [9.17, 15) is 9.18 Å². The number of halogens is 1. The maximum Gasteiger partial charge on any atom is 0.258 e. The summed E-state index contributed by atoms with van der Waals surface area (Å²) in [4.78, 5) is 11.9. The van der Waals surface area contributed by atoms with Gasteiger partial charge in [-0.05, 0) is 42.0 Å². The number of carbonyl (C=O) groups is 1. The van der Waals surface area contributed by atoms with Crippen molar-refractivity contribution in [3.05, 3.63) is 59.4 Å². The Balaban J connectivity index is 2.18.